The number of anilines is 1. The van der Waals surface area contributed by atoms with Crippen LogP contribution in [-0.2, 0) is 10.4 Å². The van der Waals surface area contributed by atoms with Gasteiger partial charge in [0.1, 0.15) is 5.75 Å². The van der Waals surface area contributed by atoms with Gasteiger partial charge in [-0.1, -0.05) is 36.4 Å². The van der Waals surface area contributed by atoms with Gasteiger partial charge in [0, 0.05) is 17.7 Å². The maximum absolute atomic E-state index is 13.0. The third-order valence-electron chi connectivity index (χ3n) is 5.34. The highest BCUT2D eigenvalue weighted by Gasteiger charge is 2.50. The van der Waals surface area contributed by atoms with Crippen LogP contribution in [0.15, 0.2) is 60.7 Å². The molecule has 1 unspecified atom stereocenters. The summed E-state index contributed by atoms with van der Waals surface area (Å²) in [5.74, 6) is 0.0186. The standard InChI is InChI=1S/C23H21NO4/c1-3-24-20-7-5-4-6-19(20)23(27,22(24)26)14-21(25)17-9-8-16-13-18(28-2)11-10-15(16)12-17/h4-13,27H,3,14H2,1-2H3. The van der Waals surface area contributed by atoms with Gasteiger partial charge in [0.25, 0.3) is 5.91 Å². The van der Waals surface area contributed by atoms with Crippen molar-refractivity contribution in [3.05, 3.63) is 71.8 Å². The van der Waals surface area contributed by atoms with Gasteiger partial charge in [0.15, 0.2) is 11.4 Å². The van der Waals surface area contributed by atoms with E-state index >= 15 is 0 Å². The number of para-hydroxylation sites is 1. The molecule has 0 aromatic heterocycles. The van der Waals surface area contributed by atoms with Gasteiger partial charge in [0.05, 0.1) is 19.2 Å². The number of Topliss-reactive ketones (excluding diaryl/α,β-unsaturated/α-hetero) is 1. The van der Waals surface area contributed by atoms with Crippen molar-refractivity contribution in [2.75, 3.05) is 18.6 Å². The number of methoxy groups -OCH3 is 1. The molecule has 1 amide bonds. The van der Waals surface area contributed by atoms with Crippen LogP contribution in [0.25, 0.3) is 10.8 Å². The van der Waals surface area contributed by atoms with Gasteiger partial charge in [-0.15, -0.1) is 0 Å². The SMILES string of the molecule is CCN1C(=O)C(O)(CC(=O)c2ccc3cc(OC)ccc3c2)c2ccccc21. The number of fused-ring (bicyclic) bond motifs is 2. The smallest absolute Gasteiger partial charge is 0.264 e. The minimum atomic E-state index is -1.83. The molecule has 5 nitrogen and oxygen atoms in total. The second kappa shape index (κ2) is 6.77. The second-order valence-corrected chi connectivity index (χ2v) is 6.95. The molecule has 3 aromatic rings. The van der Waals surface area contributed by atoms with Crippen molar-refractivity contribution >= 4 is 28.2 Å². The molecule has 28 heavy (non-hydrogen) atoms. The van der Waals surface area contributed by atoms with Gasteiger partial charge in [-0.25, -0.2) is 0 Å². The van der Waals surface area contributed by atoms with Gasteiger partial charge in [0.2, 0.25) is 0 Å². The van der Waals surface area contributed by atoms with Gasteiger partial charge in [-0.3, -0.25) is 9.59 Å². The number of amides is 1. The summed E-state index contributed by atoms with van der Waals surface area (Å²) in [6.45, 7) is 2.28. The van der Waals surface area contributed by atoms with Crippen LogP contribution in [0, 0.1) is 0 Å². The van der Waals surface area contributed by atoms with Crippen molar-refractivity contribution in [1.29, 1.82) is 0 Å². The van der Waals surface area contributed by atoms with Gasteiger partial charge in [-0.05, 0) is 42.0 Å². The second-order valence-electron chi connectivity index (χ2n) is 6.95. The van der Waals surface area contributed by atoms with Crippen molar-refractivity contribution in [3.8, 4) is 5.75 Å². The fourth-order valence-electron chi connectivity index (χ4n) is 3.85. The molecule has 0 aliphatic carbocycles. The van der Waals surface area contributed by atoms with Crippen LogP contribution in [0.1, 0.15) is 29.3 Å². The first-order valence-electron chi connectivity index (χ1n) is 9.23. The number of nitrogens with zero attached hydrogens (tertiary/aromatic N) is 1. The Morgan fingerprint density at radius 2 is 1.79 bits per heavy atom. The van der Waals surface area contributed by atoms with Crippen LogP contribution >= 0.6 is 0 Å². The summed E-state index contributed by atoms with van der Waals surface area (Å²) in [4.78, 5) is 27.4. The monoisotopic (exact) mass is 375 g/mol. The van der Waals surface area contributed by atoms with Gasteiger partial charge in [-0.2, -0.15) is 0 Å². The lowest BCUT2D eigenvalue weighted by Gasteiger charge is -2.22. The van der Waals surface area contributed by atoms with E-state index in [-0.39, 0.29) is 12.2 Å². The van der Waals surface area contributed by atoms with Gasteiger partial charge >= 0.3 is 0 Å². The van der Waals surface area contributed by atoms with Crippen LogP contribution < -0.4 is 9.64 Å². The van der Waals surface area contributed by atoms with E-state index < -0.39 is 11.5 Å². The van der Waals surface area contributed by atoms with Crippen molar-refractivity contribution in [2.45, 2.75) is 18.9 Å². The largest absolute Gasteiger partial charge is 0.497 e. The van der Waals surface area contributed by atoms with Crippen molar-refractivity contribution in [2.24, 2.45) is 0 Å². The molecule has 0 saturated carbocycles. The summed E-state index contributed by atoms with van der Waals surface area (Å²) in [7, 11) is 1.61. The zero-order valence-electron chi connectivity index (χ0n) is 15.8. The average Bonchev–Trinajstić information content (AvgIpc) is 2.93. The predicted octanol–water partition coefficient (Wildman–Crippen LogP) is 3.68. The van der Waals surface area contributed by atoms with E-state index in [4.69, 9.17) is 4.74 Å². The fraction of sp³-hybridized carbons (Fsp3) is 0.217. The Bertz CT molecular complexity index is 1090. The number of carbonyl (C=O) groups is 2. The molecular weight excluding hydrogens is 354 g/mol. The van der Waals surface area contributed by atoms with E-state index in [2.05, 4.69) is 0 Å². The Hall–Kier alpha value is -3.18. The zero-order valence-corrected chi connectivity index (χ0v) is 15.8. The topological polar surface area (TPSA) is 66.8 Å². The number of ketones is 1. The molecule has 1 aliphatic heterocycles. The van der Waals surface area contributed by atoms with Crippen LogP contribution in [0.4, 0.5) is 5.69 Å². The number of aliphatic hydroxyl groups is 1. The molecule has 5 heteroatoms. The Labute approximate surface area is 163 Å². The average molecular weight is 375 g/mol. The Morgan fingerprint density at radius 1 is 1.07 bits per heavy atom. The fourth-order valence-corrected chi connectivity index (χ4v) is 3.85. The highest BCUT2D eigenvalue weighted by molar-refractivity contribution is 6.11. The molecule has 0 fully saturated rings. The highest BCUT2D eigenvalue weighted by atomic mass is 16.5. The number of likely N-dealkylation sites (N-methyl/N-ethyl adjacent to an activating group) is 1. The number of carbonyl (C=O) groups excluding carboxylic acids is 2. The maximum Gasteiger partial charge on any atom is 0.264 e. The lowest BCUT2D eigenvalue weighted by molar-refractivity contribution is -0.135. The Balaban J connectivity index is 1.68. The summed E-state index contributed by atoms with van der Waals surface area (Å²) < 4.78 is 5.23. The minimum Gasteiger partial charge on any atom is -0.497 e. The molecule has 4 rings (SSSR count). The van der Waals surface area contributed by atoms with Crippen LogP contribution in [-0.4, -0.2) is 30.5 Å². The van der Waals surface area contributed by atoms with E-state index in [0.29, 0.717) is 23.4 Å². The lowest BCUT2D eigenvalue weighted by Crippen LogP contribution is -2.41. The van der Waals surface area contributed by atoms with Crippen molar-refractivity contribution in [3.63, 3.8) is 0 Å². The molecular formula is C23H21NO4. The molecule has 0 bridgehead atoms. The first kappa shape index (κ1) is 18.2. The third kappa shape index (κ3) is 2.75. The summed E-state index contributed by atoms with van der Waals surface area (Å²) in [6.07, 6.45) is -0.291. The van der Waals surface area contributed by atoms with Crippen molar-refractivity contribution < 1.29 is 19.4 Å². The van der Waals surface area contributed by atoms with Crippen LogP contribution in [0.3, 0.4) is 0 Å². The number of hydrogen-bond acceptors (Lipinski definition) is 4. The van der Waals surface area contributed by atoms with Crippen LogP contribution in [0.2, 0.25) is 0 Å². The first-order chi connectivity index (χ1) is 13.5. The van der Waals surface area contributed by atoms with Crippen molar-refractivity contribution in [1.82, 2.24) is 0 Å². The minimum absolute atomic E-state index is 0.277. The molecule has 1 aliphatic rings. The summed E-state index contributed by atoms with van der Waals surface area (Å²) in [6, 6.07) is 18.1. The molecule has 1 atom stereocenters. The number of benzene rings is 3. The molecule has 142 valence electrons. The molecule has 0 saturated heterocycles. The lowest BCUT2D eigenvalue weighted by atomic mass is 9.87. The number of hydrogen-bond donors (Lipinski definition) is 1. The Morgan fingerprint density at radius 3 is 2.54 bits per heavy atom. The maximum atomic E-state index is 13.0. The normalized spacial score (nSPS) is 18.4. The predicted molar refractivity (Wildman–Crippen MR) is 108 cm³/mol. The van der Waals surface area contributed by atoms with Crippen LogP contribution in [0.5, 0.6) is 5.75 Å². The molecule has 0 radical (unpaired) electrons. The molecule has 0 spiro atoms. The molecule has 1 heterocycles. The van der Waals surface area contributed by atoms with E-state index in [1.807, 2.05) is 37.3 Å². The third-order valence-corrected chi connectivity index (χ3v) is 5.34. The number of rotatable bonds is 5. The zero-order chi connectivity index (χ0) is 19.9. The van der Waals surface area contributed by atoms with Gasteiger partial charge < -0.3 is 14.7 Å². The summed E-state index contributed by atoms with van der Waals surface area (Å²) in [5, 5.41) is 13.0. The van der Waals surface area contributed by atoms with E-state index in [9.17, 15) is 14.7 Å². The van der Waals surface area contributed by atoms with E-state index in [0.717, 1.165) is 16.5 Å². The Kier molecular flexibility index (Phi) is 4.40. The van der Waals surface area contributed by atoms with E-state index in [1.54, 1.807) is 37.4 Å². The van der Waals surface area contributed by atoms with E-state index in [1.165, 1.54) is 4.90 Å². The highest BCUT2D eigenvalue weighted by Crippen LogP contribution is 2.42. The number of ether oxygens (including phenoxy) is 1. The molecule has 3 aromatic carbocycles. The first-order valence-corrected chi connectivity index (χ1v) is 9.23. The summed E-state index contributed by atoms with van der Waals surface area (Å²) >= 11 is 0. The summed E-state index contributed by atoms with van der Waals surface area (Å²) in [5.41, 5.74) is -0.221. The molecule has 1 N–H and O–H groups in total. The quantitative estimate of drug-likeness (QED) is 0.691.